The highest BCUT2D eigenvalue weighted by atomic mass is 19.1. The molecule has 0 unspecified atom stereocenters. The minimum atomic E-state index is -0.430. The van der Waals surface area contributed by atoms with E-state index in [9.17, 15) is 38.0 Å². The van der Waals surface area contributed by atoms with Crippen LogP contribution in [0.2, 0.25) is 0 Å². The van der Waals surface area contributed by atoms with Crippen LogP contribution in [0, 0.1) is 11.6 Å². The van der Waals surface area contributed by atoms with E-state index in [1.54, 1.807) is 97.1 Å². The van der Waals surface area contributed by atoms with Gasteiger partial charge in [-0.05, 0) is 192 Å². The predicted octanol–water partition coefficient (Wildman–Crippen LogP) is 11.0. The number of fused-ring (bicyclic) bond motifs is 2. The number of rotatable bonds is 27. The van der Waals surface area contributed by atoms with Crippen molar-refractivity contribution in [2.75, 3.05) is 50.2 Å². The van der Waals surface area contributed by atoms with E-state index in [1.165, 1.54) is 12.1 Å². The number of carbonyl (C=O) groups is 7. The number of benzene rings is 6. The Hall–Kier alpha value is -11.7. The lowest BCUT2D eigenvalue weighted by Gasteiger charge is -2.26. The van der Waals surface area contributed by atoms with Crippen LogP contribution in [0.4, 0.5) is 20.2 Å². The summed E-state index contributed by atoms with van der Waals surface area (Å²) in [4.78, 5) is 99.0. The number of aryl methyl sites for hydroxylation is 4. The van der Waals surface area contributed by atoms with Gasteiger partial charge in [-0.15, -0.1) is 0 Å². The summed E-state index contributed by atoms with van der Waals surface area (Å²) in [7, 11) is 0. The Bertz CT molecular complexity index is 5090. The molecule has 4 fully saturated rings. The third-order valence-corrected chi connectivity index (χ3v) is 21.0. The van der Waals surface area contributed by atoms with Gasteiger partial charge < -0.3 is 58.2 Å². The number of nitrogens with two attached hydrogens (primary N) is 2. The molecule has 2 atom stereocenters. The number of halogens is 2. The quantitative estimate of drug-likeness (QED) is 0.0216. The molecule has 0 bridgehead atoms. The average Bonchev–Trinajstić information content (AvgIpc) is 1.66. The molecule has 4 aliphatic rings. The van der Waals surface area contributed by atoms with Crippen molar-refractivity contribution in [1.29, 1.82) is 0 Å². The van der Waals surface area contributed by atoms with Crippen LogP contribution in [-0.2, 0) is 77.7 Å². The fourth-order valence-corrected chi connectivity index (χ4v) is 14.8. The van der Waals surface area contributed by atoms with Crippen LogP contribution in [0.5, 0.6) is 0 Å². The van der Waals surface area contributed by atoms with E-state index in [4.69, 9.17) is 30.9 Å². The number of anilines is 2. The molecule has 113 heavy (non-hydrogen) atoms. The van der Waals surface area contributed by atoms with E-state index >= 15 is 4.39 Å². The Labute approximate surface area is 655 Å². The van der Waals surface area contributed by atoms with Gasteiger partial charge in [0.2, 0.25) is 11.8 Å². The maximum atomic E-state index is 15.2. The summed E-state index contributed by atoms with van der Waals surface area (Å²) in [5.41, 5.74) is 23.8. The van der Waals surface area contributed by atoms with E-state index in [2.05, 4.69) is 59.2 Å². The van der Waals surface area contributed by atoms with Crippen LogP contribution < -0.4 is 48.7 Å². The predicted molar refractivity (Wildman–Crippen MR) is 430 cm³/mol. The van der Waals surface area contributed by atoms with Crippen molar-refractivity contribution in [2.24, 2.45) is 11.5 Å². The molecule has 0 saturated carbocycles. The van der Waals surface area contributed by atoms with E-state index in [0.717, 1.165) is 126 Å². The average molecular weight is 1540 g/mol. The fraction of sp³-hybridized carbons (Fsp3) is 0.360. The van der Waals surface area contributed by atoms with Crippen molar-refractivity contribution in [3.8, 4) is 22.3 Å². The minimum Gasteiger partial charge on any atom is -0.381 e. The topological polar surface area (TPSA) is 339 Å². The molecule has 590 valence electrons. The van der Waals surface area contributed by atoms with Crippen LogP contribution in [0.25, 0.3) is 44.3 Å². The lowest BCUT2D eigenvalue weighted by Crippen LogP contribution is -2.39. The molecule has 14 rings (SSSR count). The number of aldehydes is 1. The molecule has 4 aromatic heterocycles. The third kappa shape index (κ3) is 20.2. The summed E-state index contributed by atoms with van der Waals surface area (Å²) in [5.74, 6) is -2.72. The summed E-state index contributed by atoms with van der Waals surface area (Å²) in [6.07, 6.45) is 12.9. The summed E-state index contributed by atoms with van der Waals surface area (Å²) in [6, 6.07) is 36.9. The second kappa shape index (κ2) is 38.5. The van der Waals surface area contributed by atoms with Gasteiger partial charge in [-0.2, -0.15) is 10.2 Å². The minimum absolute atomic E-state index is 0.0463. The molecule has 8 heterocycles. The first kappa shape index (κ1) is 80.9. The number of hydrogen-bond donors (Lipinski definition) is 9. The number of likely N-dealkylation sites (tertiary alicyclic amines) is 1. The molecule has 6 aromatic carbocycles. The maximum absolute atomic E-state index is 15.2. The fourth-order valence-electron chi connectivity index (χ4n) is 14.8. The zero-order valence-corrected chi connectivity index (χ0v) is 64.2. The van der Waals surface area contributed by atoms with Crippen LogP contribution in [0.15, 0.2) is 146 Å². The first-order valence-corrected chi connectivity index (χ1v) is 38.9. The molecule has 4 saturated heterocycles. The first-order chi connectivity index (χ1) is 54.9. The number of primary amides is 2. The van der Waals surface area contributed by atoms with Crippen molar-refractivity contribution >= 4 is 75.2 Å². The smallest absolute Gasteiger partial charge is 0.251 e. The largest absolute Gasteiger partial charge is 0.381 e. The summed E-state index contributed by atoms with van der Waals surface area (Å²) in [6.45, 7) is 15.4. The number of ether oxygens (including phenoxy) is 2. The standard InChI is InChI=1S/C43H49FN8O4.C38H39FN6O4.C5H10N2O/c1-3-37-34(39(49-32-15-18-56-19-16-32)35-25-48-52(4-2)41(35)50-37)24-47-43(55)31-11-6-10-30(22-31)42(54)46-23-27-13-14-36(44)33(21-27)29-9-5-8-28(20-29)26-51-17-7-12-38(51)40(45)53;1-3-34-31(35(43-29-13-15-49-16-14-29)32-22-42-45(4-2)36(32)44-34)21-41-38(48)28-10-6-9-27(19-28)37(47)40-20-24-11-12-33(39)30(18-24)26-8-5-7-25(17-26)23-46;6-5(8)4-2-1-3-7-4/h5-6,8-11,13-14,20-22,25,32,38H,3-4,7,12,15-19,23-24,26H2,1-2H3,(H2,45,53)(H,46,54)(H,47,55)(H,49,50);5-12,17-19,22-23,29H,3-4,13-16,20-21H2,1-2H3,(H,40,47)(H,41,48)(H,43,44);4,7H,1-3H2,(H2,6,8)/t38-;;4-/m1.0/s1. The van der Waals surface area contributed by atoms with Crippen molar-refractivity contribution in [1.82, 2.24) is 61.0 Å². The number of carbonyl (C=O) groups excluding carboxylic acids is 7. The molecule has 10 aromatic rings. The molecular weight excluding hydrogens is 1440 g/mol. The first-order valence-electron chi connectivity index (χ1n) is 38.9. The van der Waals surface area contributed by atoms with Gasteiger partial charge in [0.25, 0.3) is 23.6 Å². The number of nitrogens with zero attached hydrogens (tertiary/aromatic N) is 7. The van der Waals surface area contributed by atoms with Gasteiger partial charge in [0, 0.05) is 146 Å². The number of nitrogens with one attached hydrogen (secondary N) is 7. The molecular formula is C86H98F2N16O9. The van der Waals surface area contributed by atoms with Crippen LogP contribution in [-0.4, -0.2) is 140 Å². The number of amides is 6. The lowest BCUT2D eigenvalue weighted by atomic mass is 10.00. The van der Waals surface area contributed by atoms with Crippen molar-refractivity contribution in [2.45, 2.75) is 162 Å². The van der Waals surface area contributed by atoms with Crippen LogP contribution in [0.1, 0.15) is 170 Å². The highest BCUT2D eigenvalue weighted by Crippen LogP contribution is 2.35. The molecule has 25 nitrogen and oxygen atoms in total. The summed E-state index contributed by atoms with van der Waals surface area (Å²) >= 11 is 0. The monoisotopic (exact) mass is 1540 g/mol. The van der Waals surface area contributed by atoms with Crippen molar-refractivity contribution in [3.63, 3.8) is 0 Å². The lowest BCUT2D eigenvalue weighted by molar-refractivity contribution is -0.122. The molecule has 0 spiro atoms. The Balaban J connectivity index is 0.000000191. The van der Waals surface area contributed by atoms with Crippen molar-refractivity contribution < 1.29 is 51.8 Å². The number of pyridine rings is 2. The van der Waals surface area contributed by atoms with E-state index in [1.807, 2.05) is 66.8 Å². The normalized spacial score (nSPS) is 15.8. The Morgan fingerprint density at radius 3 is 1.41 bits per heavy atom. The molecule has 0 aliphatic carbocycles. The highest BCUT2D eigenvalue weighted by Gasteiger charge is 2.30. The number of aromatic nitrogens is 6. The van der Waals surface area contributed by atoms with Gasteiger partial charge in [0.05, 0.1) is 46.6 Å². The van der Waals surface area contributed by atoms with Crippen LogP contribution >= 0.6 is 0 Å². The third-order valence-electron chi connectivity index (χ3n) is 21.0. The molecule has 4 aliphatic heterocycles. The van der Waals surface area contributed by atoms with E-state index in [-0.39, 0.29) is 91.6 Å². The molecule has 11 N–H and O–H groups in total. The highest BCUT2D eigenvalue weighted by molar-refractivity contribution is 6.01. The SMILES string of the molecule is CCc1nc2c(cnn2CC)c(NC2CCOCC2)c1CNC(=O)c1cccc(C(=O)NCc2ccc(F)c(-c3cccc(C=O)c3)c2)c1.CCc1nc2c(cnn2CC)c(NC2CCOCC2)c1CNC(=O)c1cccc(C(=O)NCc2ccc(F)c(-c3cccc(CN4CCC[C@@H]4C(N)=O)c3)c2)c1.NC(=O)[C@@H]1CCCN1. The zero-order valence-electron chi connectivity index (χ0n) is 64.2. The second-order valence-electron chi connectivity index (χ2n) is 28.5. The van der Waals surface area contributed by atoms with E-state index < -0.39 is 5.82 Å². The zero-order chi connectivity index (χ0) is 79.5. The van der Waals surface area contributed by atoms with E-state index in [0.29, 0.717) is 126 Å². The van der Waals surface area contributed by atoms with Gasteiger partial charge in [-0.25, -0.2) is 28.1 Å². The van der Waals surface area contributed by atoms with Gasteiger partial charge in [-0.3, -0.25) is 38.5 Å². The Kier molecular flexibility index (Phi) is 27.6. The summed E-state index contributed by atoms with van der Waals surface area (Å²) < 4.78 is 44.8. The second-order valence-corrected chi connectivity index (χ2v) is 28.5. The summed E-state index contributed by atoms with van der Waals surface area (Å²) in [5, 5.41) is 33.3. The Morgan fingerprint density at radius 1 is 0.522 bits per heavy atom. The van der Waals surface area contributed by atoms with Gasteiger partial charge in [0.15, 0.2) is 11.3 Å². The molecule has 6 amide bonds. The van der Waals surface area contributed by atoms with Gasteiger partial charge in [0.1, 0.15) is 17.9 Å². The van der Waals surface area contributed by atoms with Gasteiger partial charge >= 0.3 is 0 Å². The number of hydrogen-bond acceptors (Lipinski definition) is 17. The van der Waals surface area contributed by atoms with Crippen LogP contribution in [0.3, 0.4) is 0 Å². The van der Waals surface area contributed by atoms with Gasteiger partial charge in [-0.1, -0.05) is 74.5 Å². The Morgan fingerprint density at radius 2 is 0.982 bits per heavy atom. The molecule has 0 radical (unpaired) electrons. The molecule has 27 heteroatoms. The maximum Gasteiger partial charge on any atom is 0.251 e. The van der Waals surface area contributed by atoms with Crippen molar-refractivity contribution in [3.05, 3.63) is 225 Å².